The second kappa shape index (κ2) is 6.02. The fourth-order valence-electron chi connectivity index (χ4n) is 2.93. The molecule has 0 atom stereocenters. The number of hydrogen-bond donors (Lipinski definition) is 1. The van der Waals surface area contributed by atoms with Gasteiger partial charge < -0.3 is 0 Å². The molecule has 0 aromatic heterocycles. The van der Waals surface area contributed by atoms with Crippen molar-refractivity contribution in [1.29, 1.82) is 0 Å². The summed E-state index contributed by atoms with van der Waals surface area (Å²) in [6, 6.07) is 21.8. The van der Waals surface area contributed by atoms with Crippen LogP contribution in [0.2, 0.25) is 0 Å². The Hall–Kier alpha value is -1.99. The molecule has 0 unspecified atom stereocenters. The normalized spacial score (nSPS) is 10.7. The van der Waals surface area contributed by atoms with Crippen LogP contribution in [0.4, 0.5) is 0 Å². The minimum absolute atomic E-state index is 1.01. The number of hydrogen-bond acceptors (Lipinski definition) is 1. The number of thiol groups is 1. The summed E-state index contributed by atoms with van der Waals surface area (Å²) in [6.07, 6.45) is 0. The van der Waals surface area contributed by atoms with Crippen molar-refractivity contribution in [3.05, 3.63) is 77.4 Å². The molecule has 0 heterocycles. The largest absolute Gasteiger partial charge is 0.143 e. The highest BCUT2D eigenvalue weighted by Crippen LogP contribution is 2.28. The van der Waals surface area contributed by atoms with Crippen LogP contribution in [-0.2, 0) is 0 Å². The monoisotopic (exact) mass is 304 g/mol. The molecule has 3 aromatic carbocycles. The van der Waals surface area contributed by atoms with Gasteiger partial charge in [0.05, 0.1) is 0 Å². The predicted octanol–water partition coefficient (Wildman–Crippen LogP) is 6.23. The Balaban J connectivity index is 1.98. The molecule has 0 N–H and O–H groups in total. The summed E-state index contributed by atoms with van der Waals surface area (Å²) < 4.78 is 0. The molecule has 0 aliphatic carbocycles. The molecule has 110 valence electrons. The van der Waals surface area contributed by atoms with Crippen LogP contribution in [0.25, 0.3) is 22.3 Å². The van der Waals surface area contributed by atoms with Gasteiger partial charge in [0.25, 0.3) is 0 Å². The highest BCUT2D eigenvalue weighted by Gasteiger charge is 2.03. The van der Waals surface area contributed by atoms with Gasteiger partial charge in [-0.05, 0) is 60.7 Å². The van der Waals surface area contributed by atoms with Crippen LogP contribution in [0.5, 0.6) is 0 Å². The summed E-state index contributed by atoms with van der Waals surface area (Å²) in [7, 11) is 0. The van der Waals surface area contributed by atoms with Crippen molar-refractivity contribution in [1.82, 2.24) is 0 Å². The van der Waals surface area contributed by atoms with Crippen LogP contribution in [0, 0.1) is 20.8 Å². The summed E-state index contributed by atoms with van der Waals surface area (Å²) in [5, 5.41) is 0. The average molecular weight is 304 g/mol. The highest BCUT2D eigenvalue weighted by atomic mass is 32.1. The van der Waals surface area contributed by atoms with E-state index in [1.54, 1.807) is 0 Å². The molecule has 0 amide bonds. The average Bonchev–Trinajstić information content (AvgIpc) is 2.45. The van der Waals surface area contributed by atoms with E-state index in [9.17, 15) is 0 Å². The third-order valence-corrected chi connectivity index (χ3v) is 4.09. The molecule has 0 aliphatic heterocycles. The van der Waals surface area contributed by atoms with Gasteiger partial charge >= 0.3 is 0 Å². The standard InChI is InChI=1S/C21H20S/c1-14-8-15(2)10-19(9-14)17-4-6-18(7-5-17)20-11-16(3)12-21(22)13-20/h4-13,22H,1-3H3. The molecule has 0 saturated heterocycles. The molecule has 3 aromatic rings. The van der Waals surface area contributed by atoms with E-state index in [2.05, 4.69) is 94.1 Å². The van der Waals surface area contributed by atoms with Crippen LogP contribution in [0.1, 0.15) is 16.7 Å². The zero-order valence-corrected chi connectivity index (χ0v) is 14.1. The van der Waals surface area contributed by atoms with Crippen LogP contribution >= 0.6 is 12.6 Å². The molecule has 0 nitrogen and oxygen atoms in total. The van der Waals surface area contributed by atoms with Gasteiger partial charge in [0, 0.05) is 4.90 Å². The van der Waals surface area contributed by atoms with Gasteiger partial charge in [-0.25, -0.2) is 0 Å². The third-order valence-electron chi connectivity index (χ3n) is 3.84. The van der Waals surface area contributed by atoms with Crippen LogP contribution in [0.3, 0.4) is 0 Å². The number of aryl methyl sites for hydroxylation is 3. The van der Waals surface area contributed by atoms with E-state index >= 15 is 0 Å². The predicted molar refractivity (Wildman–Crippen MR) is 98.8 cm³/mol. The van der Waals surface area contributed by atoms with Crippen LogP contribution in [-0.4, -0.2) is 0 Å². The maximum atomic E-state index is 4.47. The fraction of sp³-hybridized carbons (Fsp3) is 0.143. The van der Waals surface area contributed by atoms with Crippen molar-refractivity contribution >= 4 is 12.6 Å². The summed E-state index contributed by atoms with van der Waals surface area (Å²) in [4.78, 5) is 1.01. The Bertz CT molecular complexity index is 703. The minimum atomic E-state index is 1.01. The van der Waals surface area contributed by atoms with Gasteiger partial charge in [-0.1, -0.05) is 59.7 Å². The van der Waals surface area contributed by atoms with Crippen LogP contribution in [0.15, 0.2) is 65.6 Å². The Morgan fingerprint density at radius 2 is 0.909 bits per heavy atom. The molecule has 0 bridgehead atoms. The molecule has 0 saturated carbocycles. The summed E-state index contributed by atoms with van der Waals surface area (Å²) in [6.45, 7) is 6.39. The van der Waals surface area contributed by atoms with Crippen molar-refractivity contribution in [2.24, 2.45) is 0 Å². The van der Waals surface area contributed by atoms with E-state index in [1.807, 2.05) is 0 Å². The number of rotatable bonds is 2. The second-order valence-electron chi connectivity index (χ2n) is 6.01. The van der Waals surface area contributed by atoms with Crippen molar-refractivity contribution in [3.63, 3.8) is 0 Å². The lowest BCUT2D eigenvalue weighted by Crippen LogP contribution is -1.84. The summed E-state index contributed by atoms with van der Waals surface area (Å²) >= 11 is 4.47. The zero-order valence-electron chi connectivity index (χ0n) is 13.2. The van der Waals surface area contributed by atoms with E-state index in [0.717, 1.165) is 4.90 Å². The minimum Gasteiger partial charge on any atom is -0.143 e. The van der Waals surface area contributed by atoms with Gasteiger partial charge in [0.2, 0.25) is 0 Å². The van der Waals surface area contributed by atoms with E-state index in [4.69, 9.17) is 0 Å². The number of benzene rings is 3. The maximum Gasteiger partial charge on any atom is 0.00487 e. The van der Waals surface area contributed by atoms with Gasteiger partial charge in [0.15, 0.2) is 0 Å². The lowest BCUT2D eigenvalue weighted by atomic mass is 9.97. The fourth-order valence-corrected chi connectivity index (χ4v) is 3.27. The first-order valence-corrected chi connectivity index (χ1v) is 7.96. The SMILES string of the molecule is Cc1cc(C)cc(-c2ccc(-c3cc(C)cc(S)c3)cc2)c1. The first kappa shape index (κ1) is 14.9. The summed E-state index contributed by atoms with van der Waals surface area (Å²) in [5.41, 5.74) is 8.83. The first-order valence-electron chi connectivity index (χ1n) is 7.51. The third kappa shape index (κ3) is 3.26. The Labute approximate surface area is 138 Å². The zero-order chi connectivity index (χ0) is 15.7. The van der Waals surface area contributed by atoms with Crippen molar-refractivity contribution in [3.8, 4) is 22.3 Å². The van der Waals surface area contributed by atoms with E-state index in [-0.39, 0.29) is 0 Å². The molecule has 0 fully saturated rings. The highest BCUT2D eigenvalue weighted by molar-refractivity contribution is 7.80. The van der Waals surface area contributed by atoms with Gasteiger partial charge in [-0.2, -0.15) is 0 Å². The second-order valence-corrected chi connectivity index (χ2v) is 6.53. The van der Waals surface area contributed by atoms with Crippen LogP contribution < -0.4 is 0 Å². The molecular weight excluding hydrogens is 284 g/mol. The van der Waals surface area contributed by atoms with Crippen molar-refractivity contribution in [2.45, 2.75) is 25.7 Å². The molecular formula is C21H20S. The van der Waals surface area contributed by atoms with Crippen molar-refractivity contribution in [2.75, 3.05) is 0 Å². The van der Waals surface area contributed by atoms with Crippen molar-refractivity contribution < 1.29 is 0 Å². The molecule has 1 heteroatoms. The van der Waals surface area contributed by atoms with E-state index < -0.39 is 0 Å². The smallest absolute Gasteiger partial charge is 0.00487 e. The lowest BCUT2D eigenvalue weighted by Gasteiger charge is -2.08. The summed E-state index contributed by atoms with van der Waals surface area (Å²) in [5.74, 6) is 0. The quantitative estimate of drug-likeness (QED) is 0.533. The molecule has 0 radical (unpaired) electrons. The maximum absolute atomic E-state index is 4.47. The first-order chi connectivity index (χ1) is 10.5. The van der Waals surface area contributed by atoms with E-state index in [0.29, 0.717) is 0 Å². The molecule has 22 heavy (non-hydrogen) atoms. The Morgan fingerprint density at radius 1 is 0.500 bits per heavy atom. The van der Waals surface area contributed by atoms with Gasteiger partial charge in [0.1, 0.15) is 0 Å². The molecule has 0 aliphatic rings. The molecule has 0 spiro atoms. The van der Waals surface area contributed by atoms with Gasteiger partial charge in [-0.3, -0.25) is 0 Å². The lowest BCUT2D eigenvalue weighted by molar-refractivity contribution is 1.36. The van der Waals surface area contributed by atoms with E-state index in [1.165, 1.54) is 38.9 Å². The van der Waals surface area contributed by atoms with Gasteiger partial charge in [-0.15, -0.1) is 12.6 Å². The topological polar surface area (TPSA) is 0 Å². The Kier molecular flexibility index (Phi) is 4.08. The Morgan fingerprint density at radius 3 is 1.36 bits per heavy atom. The molecule has 3 rings (SSSR count).